The van der Waals surface area contributed by atoms with Gasteiger partial charge in [0.05, 0.1) is 0 Å². The second-order valence-corrected chi connectivity index (χ2v) is 4.19. The molecule has 0 aliphatic rings. The molecular formula is C16H20O2. The Balaban J connectivity index is 2.58. The summed E-state index contributed by atoms with van der Waals surface area (Å²) in [6.45, 7) is 9.59. The molecule has 18 heavy (non-hydrogen) atoms. The average Bonchev–Trinajstić information content (AvgIpc) is 2.39. The monoisotopic (exact) mass is 244 g/mol. The third-order valence-electron chi connectivity index (χ3n) is 2.71. The van der Waals surface area contributed by atoms with Gasteiger partial charge in [-0.15, -0.1) is 0 Å². The van der Waals surface area contributed by atoms with E-state index < -0.39 is 0 Å². The highest BCUT2D eigenvalue weighted by Gasteiger charge is 2.10. The fourth-order valence-corrected chi connectivity index (χ4v) is 1.60. The van der Waals surface area contributed by atoms with Gasteiger partial charge in [0, 0.05) is 11.1 Å². The number of ether oxygens (including phenoxy) is 1. The highest BCUT2D eigenvalue weighted by molar-refractivity contribution is 5.89. The number of carbonyl (C=O) groups is 1. The summed E-state index contributed by atoms with van der Waals surface area (Å²) in [5.41, 5.74) is 1.34. The fraction of sp³-hybridized carbons (Fsp3) is 0.312. The SMILES string of the molecule is C=Cc1ccccc1OC(=O)C(=C)CCCCC. The molecular weight excluding hydrogens is 224 g/mol. The van der Waals surface area contributed by atoms with Crippen LogP contribution in [0.15, 0.2) is 43.0 Å². The summed E-state index contributed by atoms with van der Waals surface area (Å²) in [5, 5.41) is 0. The predicted octanol–water partition coefficient (Wildman–Crippen LogP) is 4.37. The van der Waals surface area contributed by atoms with Gasteiger partial charge < -0.3 is 4.74 Å². The molecule has 1 rings (SSSR count). The molecule has 1 aromatic carbocycles. The maximum absolute atomic E-state index is 11.8. The van der Waals surface area contributed by atoms with Crippen LogP contribution in [0.25, 0.3) is 6.08 Å². The lowest BCUT2D eigenvalue weighted by Crippen LogP contribution is -2.11. The second-order valence-electron chi connectivity index (χ2n) is 4.19. The van der Waals surface area contributed by atoms with Gasteiger partial charge in [-0.25, -0.2) is 4.79 Å². The van der Waals surface area contributed by atoms with Crippen molar-refractivity contribution in [3.05, 3.63) is 48.6 Å². The van der Waals surface area contributed by atoms with E-state index in [0.717, 1.165) is 24.8 Å². The molecule has 0 unspecified atom stereocenters. The van der Waals surface area contributed by atoms with E-state index in [0.29, 0.717) is 17.7 Å². The Kier molecular flexibility index (Phi) is 5.92. The van der Waals surface area contributed by atoms with Gasteiger partial charge in [0.1, 0.15) is 5.75 Å². The molecule has 2 nitrogen and oxygen atoms in total. The first-order valence-corrected chi connectivity index (χ1v) is 6.30. The minimum absolute atomic E-state index is 0.347. The van der Waals surface area contributed by atoms with Crippen molar-refractivity contribution in [2.75, 3.05) is 0 Å². The van der Waals surface area contributed by atoms with Crippen molar-refractivity contribution in [3.8, 4) is 5.75 Å². The van der Waals surface area contributed by atoms with E-state index in [1.165, 1.54) is 0 Å². The van der Waals surface area contributed by atoms with Crippen LogP contribution in [0.4, 0.5) is 0 Å². The van der Waals surface area contributed by atoms with Crippen LogP contribution < -0.4 is 4.74 Å². The van der Waals surface area contributed by atoms with Gasteiger partial charge in [-0.1, -0.05) is 57.2 Å². The minimum atomic E-state index is -0.347. The molecule has 0 radical (unpaired) electrons. The Morgan fingerprint density at radius 1 is 1.33 bits per heavy atom. The summed E-state index contributed by atoms with van der Waals surface area (Å²) < 4.78 is 5.32. The van der Waals surface area contributed by atoms with Crippen LogP contribution in [0.2, 0.25) is 0 Å². The van der Waals surface area contributed by atoms with Crippen LogP contribution in [-0.2, 0) is 4.79 Å². The zero-order valence-corrected chi connectivity index (χ0v) is 10.9. The van der Waals surface area contributed by atoms with Crippen LogP contribution in [-0.4, -0.2) is 5.97 Å². The first-order chi connectivity index (χ1) is 8.69. The van der Waals surface area contributed by atoms with Crippen LogP contribution in [0.3, 0.4) is 0 Å². The molecule has 0 heterocycles. The number of para-hydroxylation sites is 1. The van der Waals surface area contributed by atoms with E-state index in [-0.39, 0.29) is 5.97 Å². The summed E-state index contributed by atoms with van der Waals surface area (Å²) in [4.78, 5) is 11.8. The van der Waals surface area contributed by atoms with E-state index in [1.54, 1.807) is 12.1 Å². The maximum Gasteiger partial charge on any atom is 0.338 e. The summed E-state index contributed by atoms with van der Waals surface area (Å²) in [6.07, 6.45) is 5.58. The third kappa shape index (κ3) is 4.21. The molecule has 0 aromatic heterocycles. The van der Waals surface area contributed by atoms with Gasteiger partial charge in [0.15, 0.2) is 0 Å². The zero-order chi connectivity index (χ0) is 13.4. The van der Waals surface area contributed by atoms with Gasteiger partial charge in [-0.3, -0.25) is 0 Å². The average molecular weight is 244 g/mol. The molecule has 0 aliphatic heterocycles. The van der Waals surface area contributed by atoms with E-state index in [2.05, 4.69) is 20.1 Å². The van der Waals surface area contributed by atoms with Gasteiger partial charge in [0.2, 0.25) is 0 Å². The fourth-order valence-electron chi connectivity index (χ4n) is 1.60. The molecule has 0 aliphatic carbocycles. The number of benzene rings is 1. The standard InChI is InChI=1S/C16H20O2/c1-4-6-7-10-13(3)16(17)18-15-12-9-8-11-14(15)5-2/h5,8-9,11-12H,2-4,6-7,10H2,1H3. The van der Waals surface area contributed by atoms with E-state index in [1.807, 2.05) is 18.2 Å². The van der Waals surface area contributed by atoms with Gasteiger partial charge in [-0.2, -0.15) is 0 Å². The highest BCUT2D eigenvalue weighted by atomic mass is 16.5. The molecule has 0 amide bonds. The Hall–Kier alpha value is -1.83. The van der Waals surface area contributed by atoms with Gasteiger partial charge in [0.25, 0.3) is 0 Å². The Morgan fingerprint density at radius 3 is 2.72 bits per heavy atom. The van der Waals surface area contributed by atoms with E-state index in [4.69, 9.17) is 4.74 Å². The smallest absolute Gasteiger partial charge is 0.338 e. The molecule has 0 N–H and O–H groups in total. The lowest BCUT2D eigenvalue weighted by molar-refractivity contribution is -0.130. The lowest BCUT2D eigenvalue weighted by atomic mass is 10.1. The van der Waals surface area contributed by atoms with Gasteiger partial charge >= 0.3 is 5.97 Å². The summed E-state index contributed by atoms with van der Waals surface area (Å²) in [5.74, 6) is 0.189. The number of esters is 1. The van der Waals surface area contributed by atoms with Crippen molar-refractivity contribution in [3.63, 3.8) is 0 Å². The van der Waals surface area contributed by atoms with Crippen molar-refractivity contribution in [2.24, 2.45) is 0 Å². The third-order valence-corrected chi connectivity index (χ3v) is 2.71. The Bertz CT molecular complexity index is 432. The number of carbonyl (C=O) groups excluding carboxylic acids is 1. The molecule has 0 saturated heterocycles. The van der Waals surface area contributed by atoms with Crippen LogP contribution >= 0.6 is 0 Å². The Labute approximate surface area is 109 Å². The summed E-state index contributed by atoms with van der Waals surface area (Å²) in [6, 6.07) is 7.32. The normalized spacial score (nSPS) is 9.83. The summed E-state index contributed by atoms with van der Waals surface area (Å²) in [7, 11) is 0. The van der Waals surface area contributed by atoms with E-state index >= 15 is 0 Å². The van der Waals surface area contributed by atoms with Crippen molar-refractivity contribution in [1.82, 2.24) is 0 Å². The topological polar surface area (TPSA) is 26.3 Å². The van der Waals surface area contributed by atoms with Crippen LogP contribution in [0, 0.1) is 0 Å². The number of rotatable bonds is 7. The predicted molar refractivity (Wildman–Crippen MR) is 75.5 cm³/mol. The largest absolute Gasteiger partial charge is 0.423 e. The first-order valence-electron chi connectivity index (χ1n) is 6.30. The number of hydrogen-bond donors (Lipinski definition) is 0. The molecule has 1 aromatic rings. The lowest BCUT2D eigenvalue weighted by Gasteiger charge is -2.08. The van der Waals surface area contributed by atoms with Crippen molar-refractivity contribution >= 4 is 12.0 Å². The molecule has 2 heteroatoms. The zero-order valence-electron chi connectivity index (χ0n) is 10.9. The molecule has 0 bridgehead atoms. The molecule has 0 saturated carbocycles. The van der Waals surface area contributed by atoms with Crippen LogP contribution in [0.1, 0.15) is 38.2 Å². The summed E-state index contributed by atoms with van der Waals surface area (Å²) >= 11 is 0. The van der Waals surface area contributed by atoms with Crippen molar-refractivity contribution < 1.29 is 9.53 Å². The van der Waals surface area contributed by atoms with E-state index in [9.17, 15) is 4.79 Å². The Morgan fingerprint density at radius 2 is 2.06 bits per heavy atom. The molecule has 0 spiro atoms. The molecule has 96 valence electrons. The second kappa shape index (κ2) is 7.49. The van der Waals surface area contributed by atoms with Crippen molar-refractivity contribution in [2.45, 2.75) is 32.6 Å². The molecule has 0 atom stereocenters. The highest BCUT2D eigenvalue weighted by Crippen LogP contribution is 2.20. The van der Waals surface area contributed by atoms with Crippen LogP contribution in [0.5, 0.6) is 5.75 Å². The van der Waals surface area contributed by atoms with Crippen molar-refractivity contribution in [1.29, 1.82) is 0 Å². The molecule has 0 fully saturated rings. The minimum Gasteiger partial charge on any atom is -0.423 e. The van der Waals surface area contributed by atoms with Gasteiger partial charge in [-0.05, 0) is 18.9 Å². The first kappa shape index (κ1) is 14.2. The quantitative estimate of drug-likeness (QED) is 0.308. The maximum atomic E-state index is 11.8. The number of unbranched alkanes of at least 4 members (excludes halogenated alkanes) is 2. The number of hydrogen-bond acceptors (Lipinski definition) is 2.